The molecule has 0 radical (unpaired) electrons. The minimum atomic E-state index is 0.107. The summed E-state index contributed by atoms with van der Waals surface area (Å²) in [5.74, 6) is 0.230. The molecule has 1 fully saturated rings. The van der Waals surface area contributed by atoms with Gasteiger partial charge in [0.25, 0.3) is 0 Å². The number of rotatable bonds is 2. The van der Waals surface area contributed by atoms with Crippen molar-refractivity contribution >= 4 is 32.6 Å². The van der Waals surface area contributed by atoms with Gasteiger partial charge >= 0.3 is 0 Å². The van der Waals surface area contributed by atoms with Crippen LogP contribution in [0.5, 0.6) is 0 Å². The van der Waals surface area contributed by atoms with Crippen LogP contribution >= 0.6 is 11.3 Å². The Hall–Kier alpha value is -1.46. The number of benzene rings is 1. The van der Waals surface area contributed by atoms with Crippen LogP contribution in [0.25, 0.3) is 10.2 Å². The maximum absolute atomic E-state index is 12.1. The molecule has 1 amide bonds. The lowest BCUT2D eigenvalue weighted by Crippen LogP contribution is -2.34. The van der Waals surface area contributed by atoms with Crippen LogP contribution in [0.2, 0.25) is 0 Å². The number of aromatic nitrogens is 1. The average Bonchev–Trinajstić information content (AvgIpc) is 2.82. The third-order valence-corrected chi connectivity index (χ3v) is 4.19. The molecular weight excluding hydrogens is 246 g/mol. The second-order valence-electron chi connectivity index (χ2n) is 4.50. The van der Waals surface area contributed by atoms with Crippen LogP contribution in [0.15, 0.2) is 24.3 Å². The lowest BCUT2D eigenvalue weighted by Gasteiger charge is -2.20. The monoisotopic (exact) mass is 261 g/mol. The van der Waals surface area contributed by atoms with Crippen molar-refractivity contribution in [2.75, 3.05) is 18.4 Å². The van der Waals surface area contributed by atoms with Crippen LogP contribution in [0.3, 0.4) is 0 Å². The van der Waals surface area contributed by atoms with Crippen LogP contribution < -0.4 is 10.6 Å². The highest BCUT2D eigenvalue weighted by atomic mass is 32.1. The van der Waals surface area contributed by atoms with Gasteiger partial charge < -0.3 is 10.6 Å². The Balaban J connectivity index is 1.73. The highest BCUT2D eigenvalue weighted by Crippen LogP contribution is 2.26. The summed E-state index contributed by atoms with van der Waals surface area (Å²) in [6.07, 6.45) is 1.83. The van der Waals surface area contributed by atoms with E-state index in [1.165, 1.54) is 11.3 Å². The fraction of sp³-hybridized carbons (Fsp3) is 0.385. The van der Waals surface area contributed by atoms with Gasteiger partial charge in [-0.2, -0.15) is 0 Å². The number of amides is 1. The predicted octanol–water partition coefficient (Wildman–Crippen LogP) is 2.23. The third kappa shape index (κ3) is 2.37. The summed E-state index contributed by atoms with van der Waals surface area (Å²) in [6.45, 7) is 1.86. The topological polar surface area (TPSA) is 54.0 Å². The first-order valence-corrected chi connectivity index (χ1v) is 7.02. The van der Waals surface area contributed by atoms with E-state index < -0.39 is 0 Å². The molecule has 4 nitrogen and oxygen atoms in total. The standard InChI is InChI=1S/C13H15N3OS/c17-12(9-5-7-14-8-6-9)16-13-15-10-3-1-2-4-11(10)18-13/h1-4,9,14H,5-8H2,(H,15,16,17). The van der Waals surface area contributed by atoms with Crippen LogP contribution in [-0.4, -0.2) is 24.0 Å². The number of nitrogens with one attached hydrogen (secondary N) is 2. The molecule has 0 atom stereocenters. The van der Waals surface area contributed by atoms with Crippen LogP contribution in [-0.2, 0) is 4.79 Å². The van der Waals surface area contributed by atoms with Crippen LogP contribution in [0, 0.1) is 5.92 Å². The molecule has 0 aliphatic carbocycles. The first-order valence-electron chi connectivity index (χ1n) is 6.20. The van der Waals surface area contributed by atoms with Gasteiger partial charge in [0.15, 0.2) is 5.13 Å². The van der Waals surface area contributed by atoms with Crippen molar-refractivity contribution in [2.24, 2.45) is 5.92 Å². The molecule has 3 rings (SSSR count). The van der Waals surface area contributed by atoms with Crippen LogP contribution in [0.1, 0.15) is 12.8 Å². The number of carbonyl (C=O) groups is 1. The zero-order valence-electron chi connectivity index (χ0n) is 9.98. The number of hydrogen-bond donors (Lipinski definition) is 2. The molecular formula is C13H15N3OS. The lowest BCUT2D eigenvalue weighted by molar-refractivity contribution is -0.120. The molecule has 2 aromatic rings. The number of fused-ring (bicyclic) bond motifs is 1. The molecule has 0 bridgehead atoms. The van der Waals surface area contributed by atoms with E-state index in [4.69, 9.17) is 0 Å². The number of anilines is 1. The summed E-state index contributed by atoms with van der Waals surface area (Å²) in [4.78, 5) is 16.5. The van der Waals surface area contributed by atoms with Gasteiger partial charge in [0.05, 0.1) is 10.2 Å². The molecule has 1 aromatic heterocycles. The number of thiazole rings is 1. The smallest absolute Gasteiger partial charge is 0.229 e. The van der Waals surface area contributed by atoms with Gasteiger partial charge in [0.2, 0.25) is 5.91 Å². The molecule has 94 valence electrons. The summed E-state index contributed by atoms with van der Waals surface area (Å²) in [6, 6.07) is 7.93. The van der Waals surface area contributed by atoms with E-state index in [0.29, 0.717) is 5.13 Å². The van der Waals surface area contributed by atoms with Gasteiger partial charge in [0.1, 0.15) is 0 Å². The molecule has 0 spiro atoms. The van der Waals surface area contributed by atoms with Crippen molar-refractivity contribution in [3.05, 3.63) is 24.3 Å². The molecule has 2 heterocycles. The number of piperidine rings is 1. The van der Waals surface area contributed by atoms with Gasteiger partial charge in [-0.1, -0.05) is 23.5 Å². The summed E-state index contributed by atoms with van der Waals surface area (Å²) in [7, 11) is 0. The molecule has 5 heteroatoms. The second-order valence-corrected chi connectivity index (χ2v) is 5.53. The molecule has 1 aliphatic heterocycles. The highest BCUT2D eigenvalue weighted by Gasteiger charge is 2.21. The first-order chi connectivity index (χ1) is 8.83. The Labute approximate surface area is 109 Å². The van der Waals surface area contributed by atoms with Gasteiger partial charge in [-0.15, -0.1) is 0 Å². The largest absolute Gasteiger partial charge is 0.317 e. The molecule has 0 unspecified atom stereocenters. The van der Waals surface area contributed by atoms with E-state index in [-0.39, 0.29) is 11.8 Å². The summed E-state index contributed by atoms with van der Waals surface area (Å²) in [5, 5.41) is 6.91. The Bertz CT molecular complexity index is 527. The lowest BCUT2D eigenvalue weighted by atomic mass is 9.97. The summed E-state index contributed by atoms with van der Waals surface area (Å²) < 4.78 is 1.11. The summed E-state index contributed by atoms with van der Waals surface area (Å²) in [5.41, 5.74) is 0.947. The van der Waals surface area contributed by atoms with Crippen LogP contribution in [0.4, 0.5) is 5.13 Å². The van der Waals surface area contributed by atoms with Gasteiger partial charge in [-0.25, -0.2) is 4.98 Å². The van der Waals surface area contributed by atoms with E-state index in [9.17, 15) is 4.79 Å². The Morgan fingerprint density at radius 2 is 2.11 bits per heavy atom. The fourth-order valence-electron chi connectivity index (χ4n) is 2.22. The van der Waals surface area contributed by atoms with Crippen molar-refractivity contribution < 1.29 is 4.79 Å². The molecule has 0 saturated carbocycles. The predicted molar refractivity (Wildman–Crippen MR) is 73.8 cm³/mol. The number of hydrogen-bond acceptors (Lipinski definition) is 4. The average molecular weight is 261 g/mol. The molecule has 18 heavy (non-hydrogen) atoms. The maximum atomic E-state index is 12.1. The Morgan fingerprint density at radius 1 is 1.33 bits per heavy atom. The normalized spacial score (nSPS) is 16.9. The zero-order valence-corrected chi connectivity index (χ0v) is 10.8. The number of para-hydroxylation sites is 1. The SMILES string of the molecule is O=C(Nc1nc2ccccc2s1)C1CCNCC1. The van der Waals surface area contributed by atoms with Crippen molar-refractivity contribution in [3.8, 4) is 0 Å². The fourth-order valence-corrected chi connectivity index (χ4v) is 3.09. The van der Waals surface area contributed by atoms with Crippen molar-refractivity contribution in [1.82, 2.24) is 10.3 Å². The Morgan fingerprint density at radius 3 is 2.89 bits per heavy atom. The van der Waals surface area contributed by atoms with E-state index >= 15 is 0 Å². The minimum Gasteiger partial charge on any atom is -0.317 e. The van der Waals surface area contributed by atoms with Gasteiger partial charge in [-0.05, 0) is 38.1 Å². The molecule has 1 saturated heterocycles. The van der Waals surface area contributed by atoms with E-state index in [2.05, 4.69) is 15.6 Å². The molecule has 1 aliphatic rings. The number of carbonyl (C=O) groups excluding carboxylic acids is 1. The third-order valence-electron chi connectivity index (χ3n) is 3.23. The first kappa shape index (κ1) is 11.6. The summed E-state index contributed by atoms with van der Waals surface area (Å²) >= 11 is 1.53. The Kier molecular flexibility index (Phi) is 3.25. The minimum absolute atomic E-state index is 0.107. The van der Waals surface area contributed by atoms with E-state index in [1.807, 2.05) is 24.3 Å². The molecule has 1 aromatic carbocycles. The number of nitrogens with zero attached hydrogens (tertiary/aromatic N) is 1. The van der Waals surface area contributed by atoms with E-state index in [0.717, 1.165) is 36.1 Å². The maximum Gasteiger partial charge on any atom is 0.229 e. The van der Waals surface area contributed by atoms with Crippen molar-refractivity contribution in [3.63, 3.8) is 0 Å². The second kappa shape index (κ2) is 5.04. The quantitative estimate of drug-likeness (QED) is 0.871. The molecule has 2 N–H and O–H groups in total. The zero-order chi connectivity index (χ0) is 12.4. The van der Waals surface area contributed by atoms with Crippen molar-refractivity contribution in [1.29, 1.82) is 0 Å². The van der Waals surface area contributed by atoms with Crippen molar-refractivity contribution in [2.45, 2.75) is 12.8 Å². The van der Waals surface area contributed by atoms with Gasteiger partial charge in [-0.3, -0.25) is 4.79 Å². The van der Waals surface area contributed by atoms with E-state index in [1.54, 1.807) is 0 Å². The van der Waals surface area contributed by atoms with Gasteiger partial charge in [0, 0.05) is 5.92 Å². The highest BCUT2D eigenvalue weighted by molar-refractivity contribution is 7.22.